The summed E-state index contributed by atoms with van der Waals surface area (Å²) in [6.45, 7) is 8.41. The van der Waals surface area contributed by atoms with Crippen LogP contribution in [0.2, 0.25) is 0 Å². The summed E-state index contributed by atoms with van der Waals surface area (Å²) in [6.07, 6.45) is 0.785. The van der Waals surface area contributed by atoms with Crippen molar-refractivity contribution < 1.29 is 4.79 Å². The van der Waals surface area contributed by atoms with Crippen molar-refractivity contribution in [3.8, 4) is 0 Å². The molecule has 1 unspecified atom stereocenters. The number of rotatable bonds is 1. The van der Waals surface area contributed by atoms with E-state index in [1.165, 1.54) is 0 Å². The topological polar surface area (TPSA) is 32.7 Å². The molecular formula is C16H22N2O. The molecule has 1 amide bonds. The fourth-order valence-electron chi connectivity index (χ4n) is 2.58. The summed E-state index contributed by atoms with van der Waals surface area (Å²) >= 11 is 0. The van der Waals surface area contributed by atoms with Crippen LogP contribution >= 0.6 is 0 Å². The number of para-hydroxylation sites is 2. The zero-order valence-corrected chi connectivity index (χ0v) is 12.4. The van der Waals surface area contributed by atoms with Crippen LogP contribution in [0.5, 0.6) is 0 Å². The third-order valence-electron chi connectivity index (χ3n) is 3.62. The van der Waals surface area contributed by atoms with Crippen LogP contribution in [0.25, 0.3) is 0 Å². The Hall–Kier alpha value is -1.64. The first kappa shape index (κ1) is 13.8. The van der Waals surface area contributed by atoms with Gasteiger partial charge < -0.3 is 4.90 Å². The molecule has 1 aromatic rings. The predicted octanol–water partition coefficient (Wildman–Crippen LogP) is 3.81. The van der Waals surface area contributed by atoms with Crippen LogP contribution in [0.4, 0.5) is 11.4 Å². The number of nitrogens with zero attached hydrogens (tertiary/aromatic N) is 2. The van der Waals surface area contributed by atoms with Crippen molar-refractivity contribution in [2.24, 2.45) is 16.3 Å². The molecule has 1 aliphatic rings. The molecule has 102 valence electrons. The van der Waals surface area contributed by atoms with E-state index in [1.54, 1.807) is 4.90 Å². The highest BCUT2D eigenvalue weighted by Gasteiger charge is 2.35. The summed E-state index contributed by atoms with van der Waals surface area (Å²) in [5.41, 5.74) is 2.66. The Labute approximate surface area is 115 Å². The van der Waals surface area contributed by atoms with Crippen LogP contribution in [-0.4, -0.2) is 18.7 Å². The van der Waals surface area contributed by atoms with Crippen LogP contribution in [0, 0.1) is 11.3 Å². The number of benzene rings is 1. The van der Waals surface area contributed by atoms with Crippen LogP contribution in [0.15, 0.2) is 29.3 Å². The van der Waals surface area contributed by atoms with Gasteiger partial charge in [-0.15, -0.1) is 0 Å². The van der Waals surface area contributed by atoms with Crippen molar-refractivity contribution in [2.45, 2.75) is 34.1 Å². The van der Waals surface area contributed by atoms with Gasteiger partial charge in [-0.3, -0.25) is 9.79 Å². The summed E-state index contributed by atoms with van der Waals surface area (Å²) in [4.78, 5) is 19.2. The first-order chi connectivity index (χ1) is 8.86. The highest BCUT2D eigenvalue weighted by atomic mass is 16.2. The number of anilines is 1. The third-order valence-corrected chi connectivity index (χ3v) is 3.62. The van der Waals surface area contributed by atoms with Crippen molar-refractivity contribution in [3.63, 3.8) is 0 Å². The SMILES string of the molecule is CCC1C(=O)N(C)c2ccccc2N=C1C(C)(C)C. The van der Waals surface area contributed by atoms with E-state index in [-0.39, 0.29) is 17.2 Å². The van der Waals surface area contributed by atoms with E-state index in [0.717, 1.165) is 23.5 Å². The molecule has 0 aromatic heterocycles. The number of carbonyl (C=O) groups excluding carboxylic acids is 1. The number of amides is 1. The average molecular weight is 258 g/mol. The zero-order chi connectivity index (χ0) is 14.2. The standard InChI is InChI=1S/C16H22N2O/c1-6-11-14(16(2,3)4)17-12-9-7-8-10-13(12)18(5)15(11)19/h7-11H,6H2,1-5H3. The van der Waals surface area contributed by atoms with Crippen LogP contribution in [-0.2, 0) is 4.79 Å². The average Bonchev–Trinajstić information content (AvgIpc) is 2.46. The lowest BCUT2D eigenvalue weighted by Gasteiger charge is -2.27. The third kappa shape index (κ3) is 2.42. The van der Waals surface area contributed by atoms with Crippen LogP contribution in [0.3, 0.4) is 0 Å². The monoisotopic (exact) mass is 258 g/mol. The van der Waals surface area contributed by atoms with E-state index in [9.17, 15) is 4.79 Å². The van der Waals surface area contributed by atoms with Gasteiger partial charge >= 0.3 is 0 Å². The van der Waals surface area contributed by atoms with Crippen molar-refractivity contribution >= 4 is 23.0 Å². The van der Waals surface area contributed by atoms with Gasteiger partial charge in [-0.25, -0.2) is 0 Å². The first-order valence-corrected chi connectivity index (χ1v) is 6.82. The van der Waals surface area contributed by atoms with E-state index in [1.807, 2.05) is 38.2 Å². The fraction of sp³-hybridized carbons (Fsp3) is 0.500. The Balaban J connectivity index is 2.65. The van der Waals surface area contributed by atoms with Crippen molar-refractivity contribution in [1.82, 2.24) is 0 Å². The summed E-state index contributed by atoms with van der Waals surface area (Å²) in [7, 11) is 1.84. The minimum Gasteiger partial charge on any atom is -0.313 e. The molecule has 1 atom stereocenters. The quantitative estimate of drug-likeness (QED) is 0.754. The maximum Gasteiger partial charge on any atom is 0.235 e. The second kappa shape index (κ2) is 4.80. The Kier molecular flexibility index (Phi) is 3.48. The van der Waals surface area contributed by atoms with E-state index in [0.29, 0.717) is 0 Å². The molecule has 2 rings (SSSR count). The van der Waals surface area contributed by atoms with Crippen molar-refractivity contribution in [2.75, 3.05) is 11.9 Å². The Morgan fingerprint density at radius 3 is 2.47 bits per heavy atom. The Morgan fingerprint density at radius 1 is 1.26 bits per heavy atom. The highest BCUT2D eigenvalue weighted by Crippen LogP contribution is 2.37. The lowest BCUT2D eigenvalue weighted by Crippen LogP contribution is -2.39. The second-order valence-corrected chi connectivity index (χ2v) is 6.09. The maximum absolute atomic E-state index is 12.6. The van der Waals surface area contributed by atoms with Gasteiger partial charge in [0.15, 0.2) is 0 Å². The summed E-state index contributed by atoms with van der Waals surface area (Å²) in [6, 6.07) is 7.84. The molecule has 19 heavy (non-hydrogen) atoms. The molecule has 0 fully saturated rings. The molecule has 0 aliphatic carbocycles. The second-order valence-electron chi connectivity index (χ2n) is 6.09. The van der Waals surface area contributed by atoms with Gasteiger partial charge in [0.25, 0.3) is 0 Å². The van der Waals surface area contributed by atoms with E-state index < -0.39 is 0 Å². The molecule has 3 nitrogen and oxygen atoms in total. The number of hydrogen-bond acceptors (Lipinski definition) is 2. The molecule has 1 aromatic carbocycles. The van der Waals surface area contributed by atoms with Crippen molar-refractivity contribution in [3.05, 3.63) is 24.3 Å². The first-order valence-electron chi connectivity index (χ1n) is 6.82. The van der Waals surface area contributed by atoms with Crippen LogP contribution in [0.1, 0.15) is 34.1 Å². The van der Waals surface area contributed by atoms with Gasteiger partial charge in [0.05, 0.1) is 17.3 Å². The van der Waals surface area contributed by atoms with E-state index in [4.69, 9.17) is 4.99 Å². The smallest absolute Gasteiger partial charge is 0.235 e. The molecule has 1 heterocycles. The number of fused-ring (bicyclic) bond motifs is 1. The largest absolute Gasteiger partial charge is 0.313 e. The fourth-order valence-corrected chi connectivity index (χ4v) is 2.58. The van der Waals surface area contributed by atoms with Gasteiger partial charge in [0.1, 0.15) is 0 Å². The zero-order valence-electron chi connectivity index (χ0n) is 12.4. The molecule has 1 aliphatic heterocycles. The molecule has 0 saturated heterocycles. The Morgan fingerprint density at radius 2 is 1.89 bits per heavy atom. The normalized spacial score (nSPS) is 19.8. The van der Waals surface area contributed by atoms with Crippen LogP contribution < -0.4 is 4.90 Å². The molecule has 0 saturated carbocycles. The lowest BCUT2D eigenvalue weighted by molar-refractivity contribution is -0.120. The van der Waals surface area contributed by atoms with Gasteiger partial charge in [-0.1, -0.05) is 39.8 Å². The molecule has 3 heteroatoms. The lowest BCUT2D eigenvalue weighted by atomic mass is 9.80. The van der Waals surface area contributed by atoms with Gasteiger partial charge in [-0.05, 0) is 18.6 Å². The molecular weight excluding hydrogens is 236 g/mol. The van der Waals surface area contributed by atoms with E-state index >= 15 is 0 Å². The predicted molar refractivity (Wildman–Crippen MR) is 80.2 cm³/mol. The number of hydrogen-bond donors (Lipinski definition) is 0. The number of carbonyl (C=O) groups is 1. The maximum atomic E-state index is 12.6. The summed E-state index contributed by atoms with van der Waals surface area (Å²) in [5.74, 6) is 0.0125. The van der Waals surface area contributed by atoms with Gasteiger partial charge in [0.2, 0.25) is 5.91 Å². The van der Waals surface area contributed by atoms with Gasteiger partial charge in [0, 0.05) is 18.2 Å². The van der Waals surface area contributed by atoms with Crippen molar-refractivity contribution in [1.29, 1.82) is 0 Å². The summed E-state index contributed by atoms with van der Waals surface area (Å²) in [5, 5.41) is 0. The molecule has 0 bridgehead atoms. The van der Waals surface area contributed by atoms with Gasteiger partial charge in [-0.2, -0.15) is 0 Å². The van der Waals surface area contributed by atoms with E-state index in [2.05, 4.69) is 20.8 Å². The molecule has 0 radical (unpaired) electrons. The summed E-state index contributed by atoms with van der Waals surface area (Å²) < 4.78 is 0. The minimum absolute atomic E-state index is 0.103. The molecule has 0 N–H and O–H groups in total. The Bertz CT molecular complexity index is 526. The molecule has 0 spiro atoms. The minimum atomic E-state index is -0.127. The number of aliphatic imine (C=N–C) groups is 1. The highest BCUT2D eigenvalue weighted by molar-refractivity contribution is 6.15.